The van der Waals surface area contributed by atoms with E-state index < -0.39 is 11.9 Å². The fourth-order valence-corrected chi connectivity index (χ4v) is 5.46. The van der Waals surface area contributed by atoms with Gasteiger partial charge in [0, 0.05) is 0 Å². The Morgan fingerprint density at radius 2 is 0.906 bits per heavy atom. The number of hydrogen-bond donors (Lipinski definition) is 2. The van der Waals surface area contributed by atoms with Gasteiger partial charge in [0.25, 0.3) is 0 Å². The van der Waals surface area contributed by atoms with Crippen LogP contribution >= 0.6 is 21.6 Å². The molecule has 0 aromatic heterocycles. The van der Waals surface area contributed by atoms with Crippen molar-refractivity contribution in [3.05, 3.63) is 23.3 Å². The molecule has 0 aliphatic heterocycles. The summed E-state index contributed by atoms with van der Waals surface area (Å²) in [7, 11) is 10.2. The van der Waals surface area contributed by atoms with Crippen LogP contribution in [0.15, 0.2) is 21.9 Å². The van der Waals surface area contributed by atoms with Gasteiger partial charge in [-0.05, 0) is 33.7 Å². The van der Waals surface area contributed by atoms with E-state index in [-0.39, 0.29) is 55.4 Å². The summed E-state index contributed by atoms with van der Waals surface area (Å²) < 4.78 is 31.9. The summed E-state index contributed by atoms with van der Waals surface area (Å²) in [6.07, 6.45) is 0. The SMILES string of the molecule is COc1cc(C(=O)O)c(SSc2c(C(=O)O)cc(OC)c(OC)c2OC)c(OC)c1OC. The van der Waals surface area contributed by atoms with Crippen LogP contribution in [0.1, 0.15) is 20.7 Å². The molecule has 0 heterocycles. The van der Waals surface area contributed by atoms with Crippen molar-refractivity contribution in [2.24, 2.45) is 0 Å². The topological polar surface area (TPSA) is 130 Å². The number of ether oxygens (including phenoxy) is 6. The molecule has 2 aromatic carbocycles. The van der Waals surface area contributed by atoms with Crippen molar-refractivity contribution < 1.29 is 48.2 Å². The molecule has 2 rings (SSSR count). The molecule has 0 saturated carbocycles. The zero-order chi connectivity index (χ0) is 24.0. The molecule has 0 fully saturated rings. The maximum Gasteiger partial charge on any atom is 0.337 e. The maximum absolute atomic E-state index is 11.9. The van der Waals surface area contributed by atoms with E-state index in [0.717, 1.165) is 21.6 Å². The highest BCUT2D eigenvalue weighted by Gasteiger charge is 2.28. The Bertz CT molecular complexity index is 941. The van der Waals surface area contributed by atoms with E-state index in [4.69, 9.17) is 28.4 Å². The minimum absolute atomic E-state index is 0.117. The molecule has 0 spiro atoms. The Kier molecular flexibility index (Phi) is 8.61. The first-order valence-corrected chi connectivity index (χ1v) is 10.9. The number of aromatic carboxylic acids is 2. The predicted octanol–water partition coefficient (Wildman–Crippen LogP) is 3.93. The Morgan fingerprint density at radius 1 is 0.594 bits per heavy atom. The number of benzene rings is 2. The fourth-order valence-electron chi connectivity index (χ4n) is 2.83. The summed E-state index contributed by atoms with van der Waals surface area (Å²) >= 11 is 0. The van der Waals surface area contributed by atoms with Crippen molar-refractivity contribution >= 4 is 33.5 Å². The zero-order valence-electron chi connectivity index (χ0n) is 18.1. The average molecular weight is 487 g/mol. The van der Waals surface area contributed by atoms with Crippen LogP contribution in [0.2, 0.25) is 0 Å². The molecule has 0 aliphatic carbocycles. The molecule has 10 nitrogen and oxygen atoms in total. The van der Waals surface area contributed by atoms with Gasteiger partial charge in [-0.3, -0.25) is 0 Å². The van der Waals surface area contributed by atoms with Gasteiger partial charge < -0.3 is 38.6 Å². The first-order valence-electron chi connectivity index (χ1n) is 8.76. The molecular formula is C20H22O10S2. The highest BCUT2D eigenvalue weighted by molar-refractivity contribution is 8.76. The van der Waals surface area contributed by atoms with Crippen LogP contribution < -0.4 is 28.4 Å². The molecule has 0 aliphatic rings. The third-order valence-electron chi connectivity index (χ3n) is 4.24. The normalized spacial score (nSPS) is 10.3. The summed E-state index contributed by atoms with van der Waals surface area (Å²) in [4.78, 5) is 24.2. The number of carbonyl (C=O) groups is 2. The van der Waals surface area contributed by atoms with E-state index >= 15 is 0 Å². The summed E-state index contributed by atoms with van der Waals surface area (Å²) in [5, 5.41) is 19.5. The van der Waals surface area contributed by atoms with Crippen LogP contribution in [0.25, 0.3) is 0 Å². The minimum atomic E-state index is -1.23. The second kappa shape index (κ2) is 11.0. The molecule has 0 bridgehead atoms. The van der Waals surface area contributed by atoms with Gasteiger partial charge in [0.1, 0.15) is 0 Å². The Labute approximate surface area is 192 Å². The van der Waals surface area contributed by atoms with Crippen molar-refractivity contribution in [3.8, 4) is 34.5 Å². The van der Waals surface area contributed by atoms with Gasteiger partial charge in [0.2, 0.25) is 11.5 Å². The first kappa shape index (κ1) is 25.1. The Hall–Kier alpha value is -3.12. The van der Waals surface area contributed by atoms with E-state index in [1.54, 1.807) is 0 Å². The fraction of sp³-hybridized carbons (Fsp3) is 0.300. The van der Waals surface area contributed by atoms with E-state index in [1.165, 1.54) is 54.8 Å². The molecule has 174 valence electrons. The smallest absolute Gasteiger partial charge is 0.337 e. The van der Waals surface area contributed by atoms with Gasteiger partial charge in [-0.1, -0.05) is 0 Å². The van der Waals surface area contributed by atoms with Crippen LogP contribution in [0, 0.1) is 0 Å². The van der Waals surface area contributed by atoms with Gasteiger partial charge in [-0.2, -0.15) is 0 Å². The summed E-state index contributed by atoms with van der Waals surface area (Å²) in [5.41, 5.74) is -0.235. The monoisotopic (exact) mass is 486 g/mol. The largest absolute Gasteiger partial charge is 0.493 e. The molecule has 0 amide bonds. The van der Waals surface area contributed by atoms with E-state index in [9.17, 15) is 19.8 Å². The van der Waals surface area contributed by atoms with Gasteiger partial charge >= 0.3 is 11.9 Å². The summed E-state index contributed by atoms with van der Waals surface area (Å²) in [6, 6.07) is 2.60. The van der Waals surface area contributed by atoms with Gasteiger partial charge in [-0.25, -0.2) is 9.59 Å². The maximum atomic E-state index is 11.9. The summed E-state index contributed by atoms with van der Waals surface area (Å²) in [6.45, 7) is 0. The molecule has 2 N–H and O–H groups in total. The number of carboxylic acids is 2. The van der Waals surface area contributed by atoms with Crippen LogP contribution in [-0.4, -0.2) is 64.8 Å². The average Bonchev–Trinajstić information content (AvgIpc) is 2.79. The van der Waals surface area contributed by atoms with Gasteiger partial charge in [0.05, 0.1) is 63.6 Å². The van der Waals surface area contributed by atoms with Crippen molar-refractivity contribution in [1.29, 1.82) is 0 Å². The number of methoxy groups -OCH3 is 6. The predicted molar refractivity (Wildman–Crippen MR) is 118 cm³/mol. The standard InChI is InChI=1S/C20H22O10S2/c1-25-11-7-9(19(21)22)17(15(29-5)13(11)27-3)31-32-18-10(20(23)24)8-12(26-2)14(28-4)16(18)30-6/h7-8H,1-6H3,(H,21,22)(H,23,24). The zero-order valence-corrected chi connectivity index (χ0v) is 19.8. The summed E-state index contributed by atoms with van der Waals surface area (Å²) in [5.74, 6) is -1.48. The molecule has 2 aromatic rings. The number of hydrogen-bond acceptors (Lipinski definition) is 10. The molecule has 0 radical (unpaired) electrons. The lowest BCUT2D eigenvalue weighted by molar-refractivity contribution is 0.0681. The van der Waals surface area contributed by atoms with Gasteiger partial charge in [-0.15, -0.1) is 0 Å². The van der Waals surface area contributed by atoms with E-state index in [0.29, 0.717) is 0 Å². The molecule has 0 unspecified atom stereocenters. The quantitative estimate of drug-likeness (QED) is 0.446. The molecule has 32 heavy (non-hydrogen) atoms. The second-order valence-electron chi connectivity index (χ2n) is 5.82. The van der Waals surface area contributed by atoms with Crippen molar-refractivity contribution in [2.45, 2.75) is 9.79 Å². The van der Waals surface area contributed by atoms with Gasteiger partial charge in [0.15, 0.2) is 23.0 Å². The van der Waals surface area contributed by atoms with E-state index in [2.05, 4.69) is 0 Å². The lowest BCUT2D eigenvalue weighted by Gasteiger charge is -2.19. The lowest BCUT2D eigenvalue weighted by atomic mass is 10.2. The molecule has 12 heteroatoms. The highest BCUT2D eigenvalue weighted by atomic mass is 33.1. The Morgan fingerprint density at radius 3 is 1.12 bits per heavy atom. The van der Waals surface area contributed by atoms with Crippen LogP contribution in [-0.2, 0) is 0 Å². The Balaban J connectivity index is 2.70. The van der Waals surface area contributed by atoms with E-state index in [1.807, 2.05) is 0 Å². The number of carboxylic acid groups (broad SMARTS) is 2. The molecular weight excluding hydrogens is 464 g/mol. The van der Waals surface area contributed by atoms with Crippen LogP contribution in [0.3, 0.4) is 0 Å². The molecule has 0 atom stereocenters. The minimum Gasteiger partial charge on any atom is -0.493 e. The molecule has 0 saturated heterocycles. The van der Waals surface area contributed by atoms with Crippen molar-refractivity contribution in [2.75, 3.05) is 42.7 Å². The third-order valence-corrected chi connectivity index (χ3v) is 6.72. The highest BCUT2D eigenvalue weighted by Crippen LogP contribution is 2.55. The first-order chi connectivity index (χ1) is 15.3. The van der Waals surface area contributed by atoms with Crippen LogP contribution in [0.5, 0.6) is 34.5 Å². The number of rotatable bonds is 11. The van der Waals surface area contributed by atoms with Crippen molar-refractivity contribution in [1.82, 2.24) is 0 Å². The van der Waals surface area contributed by atoms with Crippen LogP contribution in [0.4, 0.5) is 0 Å². The second-order valence-corrected chi connectivity index (χ2v) is 7.97. The van der Waals surface area contributed by atoms with Crippen molar-refractivity contribution in [3.63, 3.8) is 0 Å². The third kappa shape index (κ3) is 4.70. The lowest BCUT2D eigenvalue weighted by Crippen LogP contribution is -2.05.